The molecule has 158 valence electrons. The van der Waals surface area contributed by atoms with E-state index in [0.717, 1.165) is 13.1 Å². The Labute approximate surface area is 186 Å². The summed E-state index contributed by atoms with van der Waals surface area (Å²) < 4.78 is 5.36. The molecule has 1 aromatic carbocycles. The van der Waals surface area contributed by atoms with Gasteiger partial charge in [-0.1, -0.05) is 47.8 Å². The zero-order valence-electron chi connectivity index (χ0n) is 17.1. The van der Waals surface area contributed by atoms with Gasteiger partial charge in [0.05, 0.1) is 11.1 Å². The summed E-state index contributed by atoms with van der Waals surface area (Å²) in [5, 5.41) is 12.1. The zero-order valence-corrected chi connectivity index (χ0v) is 18.6. The van der Waals surface area contributed by atoms with Crippen molar-refractivity contribution in [2.24, 2.45) is 0 Å². The summed E-state index contributed by atoms with van der Waals surface area (Å²) >= 11 is 8.03. The molecule has 1 saturated heterocycles. The van der Waals surface area contributed by atoms with Crippen LogP contribution in [0.5, 0.6) is 0 Å². The SMILES string of the molecule is Cc1onc(-c2ccccc2Cl)c1C(=O)NC[C@H](c1ccsc1)N1CCCCCC1. The van der Waals surface area contributed by atoms with Gasteiger partial charge in [-0.3, -0.25) is 9.69 Å². The first-order valence-electron chi connectivity index (χ1n) is 10.4. The van der Waals surface area contributed by atoms with E-state index in [0.29, 0.717) is 34.1 Å². The highest BCUT2D eigenvalue weighted by Gasteiger charge is 2.26. The second-order valence-corrected chi connectivity index (χ2v) is 8.86. The Bertz CT molecular complexity index is 978. The third-order valence-electron chi connectivity index (χ3n) is 5.68. The summed E-state index contributed by atoms with van der Waals surface area (Å²) in [5.74, 6) is 0.308. The fraction of sp³-hybridized carbons (Fsp3) is 0.391. The Morgan fingerprint density at radius 1 is 1.23 bits per heavy atom. The fourth-order valence-corrected chi connectivity index (χ4v) is 5.02. The highest BCUT2D eigenvalue weighted by molar-refractivity contribution is 7.08. The van der Waals surface area contributed by atoms with E-state index in [1.54, 1.807) is 24.3 Å². The van der Waals surface area contributed by atoms with Crippen LogP contribution in [0.2, 0.25) is 5.02 Å². The molecule has 4 rings (SSSR count). The van der Waals surface area contributed by atoms with Crippen molar-refractivity contribution in [2.45, 2.75) is 38.6 Å². The van der Waals surface area contributed by atoms with Crippen molar-refractivity contribution in [1.29, 1.82) is 0 Å². The van der Waals surface area contributed by atoms with Crippen molar-refractivity contribution >= 4 is 28.8 Å². The zero-order chi connectivity index (χ0) is 20.9. The minimum atomic E-state index is -0.182. The predicted molar refractivity (Wildman–Crippen MR) is 121 cm³/mol. The molecule has 5 nitrogen and oxygen atoms in total. The molecule has 1 fully saturated rings. The van der Waals surface area contributed by atoms with Crippen LogP contribution in [-0.2, 0) is 0 Å². The van der Waals surface area contributed by atoms with Crippen LogP contribution in [0.15, 0.2) is 45.6 Å². The van der Waals surface area contributed by atoms with E-state index in [9.17, 15) is 4.79 Å². The number of aromatic nitrogens is 1. The van der Waals surface area contributed by atoms with Crippen LogP contribution in [0.4, 0.5) is 0 Å². The molecule has 0 aliphatic carbocycles. The maximum absolute atomic E-state index is 13.2. The molecular weight excluding hydrogens is 418 g/mol. The van der Waals surface area contributed by atoms with E-state index < -0.39 is 0 Å². The van der Waals surface area contributed by atoms with E-state index in [1.807, 2.05) is 18.2 Å². The number of nitrogens with one attached hydrogen (secondary N) is 1. The van der Waals surface area contributed by atoms with Crippen molar-refractivity contribution in [3.63, 3.8) is 0 Å². The van der Waals surface area contributed by atoms with E-state index in [1.165, 1.54) is 31.2 Å². The average Bonchev–Trinajstić information content (AvgIpc) is 3.32. The highest BCUT2D eigenvalue weighted by Crippen LogP contribution is 2.31. The molecule has 0 bridgehead atoms. The maximum Gasteiger partial charge on any atom is 0.257 e. The van der Waals surface area contributed by atoms with E-state index >= 15 is 0 Å². The first kappa shape index (κ1) is 21.1. The number of rotatable bonds is 6. The normalized spacial score (nSPS) is 16.2. The first-order valence-corrected chi connectivity index (χ1v) is 11.7. The number of carbonyl (C=O) groups is 1. The van der Waals surface area contributed by atoms with Gasteiger partial charge in [-0.25, -0.2) is 0 Å². The van der Waals surface area contributed by atoms with Gasteiger partial charge in [0.25, 0.3) is 5.91 Å². The summed E-state index contributed by atoms with van der Waals surface area (Å²) in [6.45, 7) is 4.43. The molecule has 30 heavy (non-hydrogen) atoms. The number of hydrogen-bond acceptors (Lipinski definition) is 5. The number of likely N-dealkylation sites (tertiary alicyclic amines) is 1. The standard InChI is InChI=1S/C23H26ClN3O2S/c1-16-21(22(26-29-16)18-8-4-5-9-19(18)24)23(28)25-14-20(17-10-13-30-15-17)27-11-6-2-3-7-12-27/h4-5,8-10,13,15,20H,2-3,6-7,11-12,14H2,1H3,(H,25,28)/t20-/m1/s1. The topological polar surface area (TPSA) is 58.4 Å². The molecule has 0 saturated carbocycles. The van der Waals surface area contributed by atoms with E-state index in [-0.39, 0.29) is 11.9 Å². The van der Waals surface area contributed by atoms with Crippen LogP contribution in [0.25, 0.3) is 11.3 Å². The smallest absolute Gasteiger partial charge is 0.257 e. The lowest BCUT2D eigenvalue weighted by Gasteiger charge is -2.30. The molecule has 7 heteroatoms. The summed E-state index contributed by atoms with van der Waals surface area (Å²) in [7, 11) is 0. The second kappa shape index (κ2) is 9.77. The molecule has 0 spiro atoms. The maximum atomic E-state index is 13.2. The number of hydrogen-bond donors (Lipinski definition) is 1. The first-order chi connectivity index (χ1) is 14.6. The van der Waals surface area contributed by atoms with Crippen LogP contribution in [-0.4, -0.2) is 35.6 Å². The number of aryl methyl sites for hydroxylation is 1. The lowest BCUT2D eigenvalue weighted by molar-refractivity contribution is 0.0932. The van der Waals surface area contributed by atoms with Crippen molar-refractivity contribution in [2.75, 3.05) is 19.6 Å². The summed E-state index contributed by atoms with van der Waals surface area (Å²) in [6, 6.07) is 9.69. The van der Waals surface area contributed by atoms with Crippen molar-refractivity contribution in [1.82, 2.24) is 15.4 Å². The van der Waals surface area contributed by atoms with Crippen LogP contribution in [0, 0.1) is 6.92 Å². The third kappa shape index (κ3) is 4.61. The van der Waals surface area contributed by atoms with Gasteiger partial charge in [0, 0.05) is 12.1 Å². The van der Waals surface area contributed by atoms with Gasteiger partial charge in [-0.05, 0) is 61.3 Å². The van der Waals surface area contributed by atoms with Crippen molar-refractivity contribution < 1.29 is 9.32 Å². The fourth-order valence-electron chi connectivity index (χ4n) is 4.08. The lowest BCUT2D eigenvalue weighted by Crippen LogP contribution is -2.38. The molecule has 3 heterocycles. The van der Waals surface area contributed by atoms with Crippen LogP contribution < -0.4 is 5.32 Å². The molecule has 1 atom stereocenters. The number of thiophene rings is 1. The molecule has 3 aromatic rings. The minimum absolute atomic E-state index is 0.169. The number of nitrogens with zero attached hydrogens (tertiary/aromatic N) is 2. The molecule has 0 unspecified atom stereocenters. The van der Waals surface area contributed by atoms with Gasteiger partial charge >= 0.3 is 0 Å². The molecular formula is C23H26ClN3O2S. The van der Waals surface area contributed by atoms with Gasteiger partial charge in [-0.2, -0.15) is 11.3 Å². The molecule has 1 aliphatic rings. The monoisotopic (exact) mass is 443 g/mol. The quantitative estimate of drug-likeness (QED) is 0.529. The molecule has 1 amide bonds. The average molecular weight is 444 g/mol. The van der Waals surface area contributed by atoms with Crippen LogP contribution in [0.3, 0.4) is 0 Å². The van der Waals surface area contributed by atoms with E-state index in [4.69, 9.17) is 16.1 Å². The third-order valence-corrected chi connectivity index (χ3v) is 6.72. The molecule has 0 radical (unpaired) electrons. The Morgan fingerprint density at radius 3 is 2.70 bits per heavy atom. The Morgan fingerprint density at radius 2 is 2.00 bits per heavy atom. The van der Waals surface area contributed by atoms with Crippen LogP contribution >= 0.6 is 22.9 Å². The lowest BCUT2D eigenvalue weighted by atomic mass is 10.0. The molecule has 1 aliphatic heterocycles. The summed E-state index contributed by atoms with van der Waals surface area (Å²) in [6.07, 6.45) is 4.96. The highest BCUT2D eigenvalue weighted by atomic mass is 35.5. The van der Waals surface area contributed by atoms with Gasteiger partial charge in [0.1, 0.15) is 17.0 Å². The van der Waals surface area contributed by atoms with Gasteiger partial charge < -0.3 is 9.84 Å². The summed E-state index contributed by atoms with van der Waals surface area (Å²) in [5.41, 5.74) is 2.89. The summed E-state index contributed by atoms with van der Waals surface area (Å²) in [4.78, 5) is 15.7. The van der Waals surface area contributed by atoms with Crippen molar-refractivity contribution in [3.8, 4) is 11.3 Å². The van der Waals surface area contributed by atoms with Crippen LogP contribution in [0.1, 0.15) is 53.4 Å². The minimum Gasteiger partial charge on any atom is -0.360 e. The largest absolute Gasteiger partial charge is 0.360 e. The predicted octanol–water partition coefficient (Wildman–Crippen LogP) is 5.71. The number of carbonyl (C=O) groups excluding carboxylic acids is 1. The van der Waals surface area contributed by atoms with Gasteiger partial charge in [-0.15, -0.1) is 0 Å². The number of halogens is 1. The Kier molecular flexibility index (Phi) is 6.87. The molecule has 2 aromatic heterocycles. The van der Waals surface area contributed by atoms with E-state index in [2.05, 4.69) is 32.2 Å². The Balaban J connectivity index is 1.55. The second-order valence-electron chi connectivity index (χ2n) is 7.67. The number of amides is 1. The van der Waals surface area contributed by atoms with Gasteiger partial charge in [0.15, 0.2) is 0 Å². The number of benzene rings is 1. The Hall–Kier alpha value is -2.15. The van der Waals surface area contributed by atoms with Gasteiger partial charge in [0.2, 0.25) is 0 Å². The van der Waals surface area contributed by atoms with Crippen molar-refractivity contribution in [3.05, 3.63) is 63.0 Å². The molecule has 1 N–H and O–H groups in total.